The van der Waals surface area contributed by atoms with E-state index in [0.29, 0.717) is 44.7 Å². The Morgan fingerprint density at radius 3 is 2.62 bits per heavy atom. The first-order valence-electron chi connectivity index (χ1n) is 11.5. The van der Waals surface area contributed by atoms with Gasteiger partial charge in [0.05, 0.1) is 25.7 Å². The number of nitrogens with zero attached hydrogens (tertiary/aromatic N) is 1. The number of nitrogens with one attached hydrogen (secondary N) is 2. The van der Waals surface area contributed by atoms with E-state index in [1.54, 1.807) is 7.11 Å². The van der Waals surface area contributed by atoms with Gasteiger partial charge in [0, 0.05) is 51.2 Å². The lowest BCUT2D eigenvalue weighted by molar-refractivity contribution is -0.124. The van der Waals surface area contributed by atoms with Gasteiger partial charge in [0.2, 0.25) is 11.8 Å². The number of rotatable bonds is 10. The Morgan fingerprint density at radius 2 is 1.90 bits per heavy atom. The summed E-state index contributed by atoms with van der Waals surface area (Å²) in [6.07, 6.45) is 8.43. The molecule has 0 radical (unpaired) electrons. The molecule has 29 heavy (non-hydrogen) atoms. The minimum atomic E-state index is -0.0881. The van der Waals surface area contributed by atoms with E-state index in [2.05, 4.69) is 15.5 Å². The minimum absolute atomic E-state index is 0.0168. The van der Waals surface area contributed by atoms with Crippen LogP contribution in [0.2, 0.25) is 0 Å². The molecule has 2 heterocycles. The maximum Gasteiger partial charge on any atom is 0.222 e. The zero-order valence-electron chi connectivity index (χ0n) is 17.7. The second-order valence-corrected chi connectivity index (χ2v) is 9.47. The summed E-state index contributed by atoms with van der Waals surface area (Å²) in [6, 6.07) is 0.752. The Balaban J connectivity index is 1.37. The van der Waals surface area contributed by atoms with Crippen molar-refractivity contribution in [1.29, 1.82) is 0 Å². The van der Waals surface area contributed by atoms with E-state index in [9.17, 15) is 9.59 Å². The van der Waals surface area contributed by atoms with Crippen LogP contribution in [0.25, 0.3) is 0 Å². The van der Waals surface area contributed by atoms with Gasteiger partial charge in [0.25, 0.3) is 0 Å². The molecule has 4 rings (SSSR count). The van der Waals surface area contributed by atoms with Crippen molar-refractivity contribution in [3.8, 4) is 0 Å². The maximum absolute atomic E-state index is 12.5. The van der Waals surface area contributed by atoms with E-state index < -0.39 is 0 Å². The van der Waals surface area contributed by atoms with Crippen LogP contribution in [0.3, 0.4) is 0 Å². The van der Waals surface area contributed by atoms with Gasteiger partial charge in [0.1, 0.15) is 0 Å². The van der Waals surface area contributed by atoms with Crippen molar-refractivity contribution in [1.82, 2.24) is 15.5 Å². The lowest BCUT2D eigenvalue weighted by atomic mass is 9.84. The van der Waals surface area contributed by atoms with Gasteiger partial charge in [-0.1, -0.05) is 12.8 Å². The summed E-state index contributed by atoms with van der Waals surface area (Å²) in [4.78, 5) is 27.5. The smallest absolute Gasteiger partial charge is 0.222 e. The molecule has 0 bridgehead atoms. The lowest BCUT2D eigenvalue weighted by Gasteiger charge is -2.25. The van der Waals surface area contributed by atoms with Crippen molar-refractivity contribution in [2.75, 3.05) is 40.0 Å². The van der Waals surface area contributed by atoms with Crippen LogP contribution in [-0.4, -0.2) is 74.9 Å². The van der Waals surface area contributed by atoms with Crippen LogP contribution >= 0.6 is 0 Å². The Hall–Kier alpha value is -1.18. The first-order chi connectivity index (χ1) is 14.1. The second kappa shape index (κ2) is 9.75. The molecular weight excluding hydrogens is 370 g/mol. The highest BCUT2D eigenvalue weighted by atomic mass is 16.5. The molecule has 2 aliphatic heterocycles. The van der Waals surface area contributed by atoms with Crippen LogP contribution in [0.5, 0.6) is 0 Å². The van der Waals surface area contributed by atoms with Crippen LogP contribution in [0, 0.1) is 17.8 Å². The van der Waals surface area contributed by atoms with Gasteiger partial charge in [-0.3, -0.25) is 14.5 Å². The summed E-state index contributed by atoms with van der Waals surface area (Å²) >= 11 is 0. The van der Waals surface area contributed by atoms with Gasteiger partial charge in [0.15, 0.2) is 0 Å². The summed E-state index contributed by atoms with van der Waals surface area (Å²) in [5, 5.41) is 6.06. The van der Waals surface area contributed by atoms with Crippen molar-refractivity contribution in [3.63, 3.8) is 0 Å². The Kier molecular flexibility index (Phi) is 7.08. The molecule has 4 aliphatic rings. The number of carbonyl (C=O) groups excluding carboxylic acids is 2. The Bertz CT molecular complexity index is 576. The molecule has 2 saturated heterocycles. The fraction of sp³-hybridized carbons (Fsp3) is 0.909. The van der Waals surface area contributed by atoms with Crippen LogP contribution in [0.1, 0.15) is 51.4 Å². The third-order valence-electron chi connectivity index (χ3n) is 7.21. The first-order valence-corrected chi connectivity index (χ1v) is 11.5. The van der Waals surface area contributed by atoms with Gasteiger partial charge < -0.3 is 20.1 Å². The zero-order chi connectivity index (χ0) is 20.2. The predicted octanol–water partition coefficient (Wildman–Crippen LogP) is 1.31. The van der Waals surface area contributed by atoms with Crippen LogP contribution in [-0.2, 0) is 19.1 Å². The van der Waals surface area contributed by atoms with E-state index in [4.69, 9.17) is 9.47 Å². The molecule has 164 valence electrons. The molecule has 4 fully saturated rings. The topological polar surface area (TPSA) is 79.9 Å². The van der Waals surface area contributed by atoms with E-state index >= 15 is 0 Å². The van der Waals surface area contributed by atoms with Crippen molar-refractivity contribution in [2.45, 2.75) is 69.6 Å². The summed E-state index contributed by atoms with van der Waals surface area (Å²) < 4.78 is 11.1. The van der Waals surface area contributed by atoms with Crippen LogP contribution in [0.4, 0.5) is 0 Å². The lowest BCUT2D eigenvalue weighted by Crippen LogP contribution is -2.37. The number of carbonyl (C=O) groups is 2. The highest BCUT2D eigenvalue weighted by Gasteiger charge is 2.51. The number of amides is 2. The number of fused-ring (bicyclic) bond motifs is 1. The average Bonchev–Trinajstić information content (AvgIpc) is 3.07. The monoisotopic (exact) mass is 407 g/mol. The van der Waals surface area contributed by atoms with Crippen molar-refractivity contribution in [3.05, 3.63) is 0 Å². The molecule has 0 aromatic heterocycles. The highest BCUT2D eigenvalue weighted by molar-refractivity contribution is 5.77. The van der Waals surface area contributed by atoms with Gasteiger partial charge in [-0.25, -0.2) is 0 Å². The maximum atomic E-state index is 12.5. The molecule has 0 spiro atoms. The van der Waals surface area contributed by atoms with Crippen molar-refractivity contribution < 1.29 is 19.1 Å². The number of ether oxygens (including phenoxy) is 2. The first kappa shape index (κ1) is 21.1. The standard InChI is InChI=1S/C22H37N3O4/c1-28-9-8-23-20(26)11-19-22-16(10-21(27)24-17-6-7-17)13-25(18(22)14-29-19)12-15-4-2-3-5-15/h15-19,22H,2-14H2,1H3,(H,23,26)(H,24,27)/t16-,18-,19+,22-/m1/s1. The summed E-state index contributed by atoms with van der Waals surface area (Å²) in [5.74, 6) is 1.53. The van der Waals surface area contributed by atoms with Gasteiger partial charge in [-0.05, 0) is 37.5 Å². The number of hydrogen-bond donors (Lipinski definition) is 2. The minimum Gasteiger partial charge on any atom is -0.383 e. The molecule has 0 aromatic carbocycles. The molecule has 0 aromatic rings. The predicted molar refractivity (Wildman–Crippen MR) is 109 cm³/mol. The molecule has 0 unspecified atom stereocenters. The number of hydrogen-bond acceptors (Lipinski definition) is 5. The third-order valence-corrected chi connectivity index (χ3v) is 7.21. The van der Waals surface area contributed by atoms with Gasteiger partial charge in [-0.15, -0.1) is 0 Å². The fourth-order valence-corrected chi connectivity index (χ4v) is 5.65. The van der Waals surface area contributed by atoms with Crippen molar-refractivity contribution >= 4 is 11.8 Å². The van der Waals surface area contributed by atoms with E-state index in [1.807, 2.05) is 0 Å². The van der Waals surface area contributed by atoms with E-state index in [1.165, 1.54) is 25.7 Å². The molecule has 2 aliphatic carbocycles. The normalized spacial score (nSPS) is 32.4. The molecule has 4 atom stereocenters. The second-order valence-electron chi connectivity index (χ2n) is 9.47. The Morgan fingerprint density at radius 1 is 1.10 bits per heavy atom. The fourth-order valence-electron chi connectivity index (χ4n) is 5.65. The van der Waals surface area contributed by atoms with Gasteiger partial charge in [-0.2, -0.15) is 0 Å². The SMILES string of the molecule is COCCNC(=O)C[C@@H]1OC[C@@H]2[C@H]1[C@H](CC(=O)NC1CC1)CN2CC1CCCC1. The quantitative estimate of drug-likeness (QED) is 0.534. The zero-order valence-corrected chi connectivity index (χ0v) is 17.7. The molecule has 7 heteroatoms. The summed E-state index contributed by atoms with van der Waals surface area (Å²) in [6.45, 7) is 3.82. The van der Waals surface area contributed by atoms with Crippen molar-refractivity contribution in [2.24, 2.45) is 17.8 Å². The molecule has 2 saturated carbocycles. The average molecular weight is 408 g/mol. The number of likely N-dealkylation sites (tertiary alicyclic amines) is 1. The van der Waals surface area contributed by atoms with E-state index in [0.717, 1.165) is 31.8 Å². The summed E-state index contributed by atoms with van der Waals surface area (Å²) in [5.41, 5.74) is 0. The molecular formula is C22H37N3O4. The van der Waals surface area contributed by atoms with Gasteiger partial charge >= 0.3 is 0 Å². The van der Waals surface area contributed by atoms with Crippen LogP contribution in [0.15, 0.2) is 0 Å². The largest absolute Gasteiger partial charge is 0.383 e. The molecule has 7 nitrogen and oxygen atoms in total. The van der Waals surface area contributed by atoms with Crippen LogP contribution < -0.4 is 10.6 Å². The third kappa shape index (κ3) is 5.50. The Labute approximate surface area is 174 Å². The summed E-state index contributed by atoms with van der Waals surface area (Å²) in [7, 11) is 1.63. The molecule has 2 amide bonds. The molecule has 2 N–H and O–H groups in total. The highest BCUT2D eigenvalue weighted by Crippen LogP contribution is 2.42. The van der Waals surface area contributed by atoms with E-state index in [-0.39, 0.29) is 29.8 Å². The number of methoxy groups -OCH3 is 1.